The molecule has 20 heavy (non-hydrogen) atoms. The summed E-state index contributed by atoms with van der Waals surface area (Å²) in [7, 11) is -3.63. The first-order valence-corrected chi connectivity index (χ1v) is 8.89. The summed E-state index contributed by atoms with van der Waals surface area (Å²) < 4.78 is 29.4. The molecule has 0 aromatic rings. The van der Waals surface area contributed by atoms with Crippen LogP contribution in [-0.2, 0) is 10.2 Å². The molecule has 0 aliphatic heterocycles. The Labute approximate surface area is 122 Å². The lowest BCUT2D eigenvalue weighted by atomic mass is 9.84. The molecule has 0 spiro atoms. The van der Waals surface area contributed by atoms with Crippen LogP contribution < -0.4 is 15.2 Å². The second-order valence-electron chi connectivity index (χ2n) is 6.11. The quantitative estimate of drug-likeness (QED) is 0.441. The van der Waals surface area contributed by atoms with Crippen LogP contribution in [0.5, 0.6) is 0 Å². The highest BCUT2D eigenvalue weighted by Crippen LogP contribution is 2.27. The third kappa shape index (κ3) is 5.38. The van der Waals surface area contributed by atoms with Crippen LogP contribution in [0.2, 0.25) is 0 Å². The van der Waals surface area contributed by atoms with Gasteiger partial charge in [-0.05, 0) is 18.8 Å². The van der Waals surface area contributed by atoms with E-state index in [0.29, 0.717) is 19.4 Å². The number of hydrogen-bond donors (Lipinski definition) is 4. The smallest absolute Gasteiger partial charge is 0.277 e. The van der Waals surface area contributed by atoms with Gasteiger partial charge in [-0.2, -0.15) is 13.1 Å². The minimum atomic E-state index is -3.63. The topological polar surface area (TPSA) is 108 Å². The van der Waals surface area contributed by atoms with Gasteiger partial charge >= 0.3 is 0 Å². The van der Waals surface area contributed by atoms with Crippen LogP contribution in [0, 0.1) is 11.3 Å². The largest absolute Gasteiger partial charge is 0.386 e. The maximum atomic E-state index is 12.1. The SMILES string of the molecule is CC(C)CNS(=O)(=O)NC1(C(=N)N)CCCCCCC1. The molecule has 0 aromatic carbocycles. The molecule has 1 aliphatic carbocycles. The molecule has 0 unspecified atom stereocenters. The van der Waals surface area contributed by atoms with Gasteiger partial charge in [0.05, 0.1) is 5.54 Å². The number of nitrogens with one attached hydrogen (secondary N) is 3. The fourth-order valence-electron chi connectivity index (χ4n) is 2.50. The summed E-state index contributed by atoms with van der Waals surface area (Å²) in [5.41, 5.74) is 4.80. The van der Waals surface area contributed by atoms with E-state index in [1.54, 1.807) is 0 Å². The van der Waals surface area contributed by atoms with Gasteiger partial charge in [0.15, 0.2) is 0 Å². The Bertz CT molecular complexity index is 412. The first-order chi connectivity index (χ1) is 9.27. The van der Waals surface area contributed by atoms with Crippen molar-refractivity contribution >= 4 is 16.0 Å². The predicted molar refractivity (Wildman–Crippen MR) is 81.9 cm³/mol. The molecule has 1 aliphatic rings. The zero-order valence-corrected chi connectivity index (χ0v) is 13.4. The molecule has 7 heteroatoms. The third-order valence-corrected chi connectivity index (χ3v) is 4.94. The summed E-state index contributed by atoms with van der Waals surface area (Å²) in [6, 6.07) is 0. The fraction of sp³-hybridized carbons (Fsp3) is 0.923. The molecule has 0 aromatic heterocycles. The molecule has 0 atom stereocenters. The van der Waals surface area contributed by atoms with Gasteiger partial charge in [0.25, 0.3) is 10.2 Å². The molecule has 0 amide bonds. The van der Waals surface area contributed by atoms with Crippen LogP contribution in [0.3, 0.4) is 0 Å². The van der Waals surface area contributed by atoms with Crippen molar-refractivity contribution in [3.63, 3.8) is 0 Å². The lowest BCUT2D eigenvalue weighted by molar-refractivity contribution is 0.365. The lowest BCUT2D eigenvalue weighted by Crippen LogP contribution is -2.59. The number of hydrogen-bond acceptors (Lipinski definition) is 3. The predicted octanol–water partition coefficient (Wildman–Crippen LogP) is 1.49. The number of amidine groups is 1. The summed E-state index contributed by atoms with van der Waals surface area (Å²) in [6.07, 6.45) is 6.30. The van der Waals surface area contributed by atoms with E-state index >= 15 is 0 Å². The van der Waals surface area contributed by atoms with Gasteiger partial charge in [-0.25, -0.2) is 4.72 Å². The Morgan fingerprint density at radius 2 is 1.70 bits per heavy atom. The molecular formula is C13H28N4O2S. The van der Waals surface area contributed by atoms with E-state index in [0.717, 1.165) is 25.7 Å². The highest BCUT2D eigenvalue weighted by Gasteiger charge is 2.37. The van der Waals surface area contributed by atoms with E-state index in [-0.39, 0.29) is 11.8 Å². The maximum absolute atomic E-state index is 12.1. The van der Waals surface area contributed by atoms with Crippen LogP contribution in [0.25, 0.3) is 0 Å². The Morgan fingerprint density at radius 1 is 1.20 bits per heavy atom. The molecule has 5 N–H and O–H groups in total. The Balaban J connectivity index is 2.81. The van der Waals surface area contributed by atoms with Crippen LogP contribution in [0.15, 0.2) is 0 Å². The van der Waals surface area contributed by atoms with Crippen LogP contribution in [-0.4, -0.2) is 26.3 Å². The third-order valence-electron chi connectivity index (χ3n) is 3.73. The van der Waals surface area contributed by atoms with E-state index in [1.165, 1.54) is 6.42 Å². The van der Waals surface area contributed by atoms with Crippen LogP contribution in [0.1, 0.15) is 58.8 Å². The summed E-state index contributed by atoms with van der Waals surface area (Å²) in [6.45, 7) is 4.27. The Hall–Kier alpha value is -0.660. The van der Waals surface area contributed by atoms with Gasteiger partial charge in [0.2, 0.25) is 0 Å². The summed E-state index contributed by atoms with van der Waals surface area (Å²) in [4.78, 5) is 0. The lowest BCUT2D eigenvalue weighted by Gasteiger charge is -2.35. The second kappa shape index (κ2) is 7.38. The van der Waals surface area contributed by atoms with Gasteiger partial charge in [-0.1, -0.05) is 46.0 Å². The highest BCUT2D eigenvalue weighted by molar-refractivity contribution is 7.87. The van der Waals surface area contributed by atoms with E-state index in [1.807, 2.05) is 13.8 Å². The molecule has 0 radical (unpaired) electrons. The van der Waals surface area contributed by atoms with Crippen molar-refractivity contribution in [2.45, 2.75) is 64.3 Å². The number of rotatable bonds is 6. The van der Waals surface area contributed by atoms with Crippen molar-refractivity contribution in [2.24, 2.45) is 11.7 Å². The minimum absolute atomic E-state index is 0.0747. The molecule has 0 heterocycles. The summed E-state index contributed by atoms with van der Waals surface area (Å²) in [5.74, 6) is 0.159. The van der Waals surface area contributed by atoms with Crippen LogP contribution in [0.4, 0.5) is 0 Å². The fourth-order valence-corrected chi connectivity index (χ4v) is 3.96. The average Bonchev–Trinajstić information content (AvgIpc) is 2.30. The zero-order valence-electron chi connectivity index (χ0n) is 12.5. The van der Waals surface area contributed by atoms with E-state index in [9.17, 15) is 8.42 Å². The van der Waals surface area contributed by atoms with Gasteiger partial charge in [0.1, 0.15) is 5.84 Å². The molecule has 1 saturated carbocycles. The molecule has 1 fully saturated rings. The monoisotopic (exact) mass is 304 g/mol. The van der Waals surface area contributed by atoms with Crippen molar-refractivity contribution in [3.8, 4) is 0 Å². The molecule has 6 nitrogen and oxygen atoms in total. The zero-order chi connectivity index (χ0) is 15.2. The standard InChI is InChI=1S/C13H28N4O2S/c1-11(2)10-16-20(18,19)17-13(12(14)15)8-6-4-3-5-7-9-13/h11,16-17H,3-10H2,1-2H3,(H3,14,15). The highest BCUT2D eigenvalue weighted by atomic mass is 32.2. The van der Waals surface area contributed by atoms with Crippen molar-refractivity contribution in [1.29, 1.82) is 5.41 Å². The van der Waals surface area contributed by atoms with Crippen molar-refractivity contribution < 1.29 is 8.42 Å². The van der Waals surface area contributed by atoms with Crippen molar-refractivity contribution in [3.05, 3.63) is 0 Å². The van der Waals surface area contributed by atoms with Gasteiger partial charge in [-0.15, -0.1) is 0 Å². The Morgan fingerprint density at radius 3 is 2.15 bits per heavy atom. The molecule has 118 valence electrons. The maximum Gasteiger partial charge on any atom is 0.277 e. The van der Waals surface area contributed by atoms with E-state index < -0.39 is 15.7 Å². The van der Waals surface area contributed by atoms with Crippen molar-refractivity contribution in [1.82, 2.24) is 9.44 Å². The normalized spacial score (nSPS) is 20.4. The van der Waals surface area contributed by atoms with E-state index in [4.69, 9.17) is 11.1 Å². The minimum Gasteiger partial charge on any atom is -0.386 e. The van der Waals surface area contributed by atoms with Gasteiger partial charge < -0.3 is 5.73 Å². The Kier molecular flexibility index (Phi) is 6.42. The molecule has 0 bridgehead atoms. The molecule has 0 saturated heterocycles. The van der Waals surface area contributed by atoms with Gasteiger partial charge in [0, 0.05) is 6.54 Å². The summed E-state index contributed by atoms with van der Waals surface area (Å²) in [5, 5.41) is 7.83. The summed E-state index contributed by atoms with van der Waals surface area (Å²) >= 11 is 0. The first-order valence-electron chi connectivity index (χ1n) is 7.40. The molecule has 1 rings (SSSR count). The van der Waals surface area contributed by atoms with Crippen LogP contribution >= 0.6 is 0 Å². The molecular weight excluding hydrogens is 276 g/mol. The average molecular weight is 304 g/mol. The number of nitrogens with two attached hydrogens (primary N) is 1. The van der Waals surface area contributed by atoms with E-state index in [2.05, 4.69) is 9.44 Å². The second-order valence-corrected chi connectivity index (χ2v) is 7.61. The first kappa shape index (κ1) is 17.4. The van der Waals surface area contributed by atoms with Crippen molar-refractivity contribution in [2.75, 3.05) is 6.54 Å². The van der Waals surface area contributed by atoms with Gasteiger partial charge in [-0.3, -0.25) is 5.41 Å².